The lowest BCUT2D eigenvalue weighted by atomic mass is 9.97. The van der Waals surface area contributed by atoms with E-state index in [1.807, 2.05) is 0 Å². The number of nitrogens with two attached hydrogens (primary N) is 1. The molecule has 0 rings (SSSR count). The number of halogens is 1. The van der Waals surface area contributed by atoms with Gasteiger partial charge in [0.1, 0.15) is 5.25 Å². The number of allylic oxidation sites excluding steroid dienone is 2. The summed E-state index contributed by atoms with van der Waals surface area (Å²) in [4.78, 5) is 0. The van der Waals surface area contributed by atoms with Crippen molar-refractivity contribution in [1.82, 2.24) is 0 Å². The van der Waals surface area contributed by atoms with Gasteiger partial charge in [-0.05, 0) is 18.8 Å². The molecule has 1 atom stereocenters. The Morgan fingerprint density at radius 1 is 1.27 bits per heavy atom. The van der Waals surface area contributed by atoms with Crippen molar-refractivity contribution in [3.8, 4) is 0 Å². The zero-order chi connectivity index (χ0) is 11.2. The van der Waals surface area contributed by atoms with Gasteiger partial charge in [-0.2, -0.15) is 8.42 Å². The van der Waals surface area contributed by atoms with Gasteiger partial charge >= 0.3 is 0 Å². The summed E-state index contributed by atoms with van der Waals surface area (Å²) in [6, 6.07) is 0. The highest BCUT2D eigenvalue weighted by atomic mass is 35.5. The molecule has 0 radical (unpaired) electrons. The Morgan fingerprint density at radius 2 is 1.67 bits per heavy atom. The minimum atomic E-state index is -4.08. The van der Waals surface area contributed by atoms with Crippen LogP contribution in [0.25, 0.3) is 0 Å². The molecule has 0 saturated carbocycles. The minimum absolute atomic E-state index is 0. The second kappa shape index (κ2) is 7.87. The molecule has 0 bridgehead atoms. The summed E-state index contributed by atoms with van der Waals surface area (Å²) < 4.78 is 30.8. The fourth-order valence-electron chi connectivity index (χ4n) is 1.39. The summed E-state index contributed by atoms with van der Waals surface area (Å²) in [6.45, 7) is 6.97. The molecule has 0 saturated heterocycles. The van der Waals surface area contributed by atoms with Crippen molar-refractivity contribution in [2.45, 2.75) is 18.1 Å². The third kappa shape index (κ3) is 5.94. The highest BCUT2D eigenvalue weighted by Crippen LogP contribution is 2.19. The van der Waals surface area contributed by atoms with Gasteiger partial charge in [-0.15, -0.1) is 25.6 Å². The van der Waals surface area contributed by atoms with Crippen molar-refractivity contribution in [1.29, 1.82) is 0 Å². The first kappa shape index (κ1) is 17.0. The summed E-state index contributed by atoms with van der Waals surface area (Å²) >= 11 is 0. The van der Waals surface area contributed by atoms with E-state index >= 15 is 0 Å². The van der Waals surface area contributed by atoms with E-state index in [0.29, 0.717) is 12.8 Å². The molecule has 0 fully saturated rings. The highest BCUT2D eigenvalue weighted by molar-refractivity contribution is 7.86. The molecule has 0 spiro atoms. The fourth-order valence-corrected chi connectivity index (χ4v) is 2.34. The van der Waals surface area contributed by atoms with Crippen molar-refractivity contribution < 1.29 is 13.0 Å². The molecular weight excluding hydrogens is 238 g/mol. The third-order valence-corrected chi connectivity index (χ3v) is 3.42. The molecule has 1 unspecified atom stereocenters. The number of hydrogen-bond acceptors (Lipinski definition) is 3. The molecule has 0 heterocycles. The van der Waals surface area contributed by atoms with E-state index in [0.717, 1.165) is 0 Å². The van der Waals surface area contributed by atoms with Crippen LogP contribution in [0.5, 0.6) is 0 Å². The van der Waals surface area contributed by atoms with Gasteiger partial charge in [0, 0.05) is 6.54 Å². The van der Waals surface area contributed by atoms with Crippen LogP contribution >= 0.6 is 12.4 Å². The summed E-state index contributed by atoms with van der Waals surface area (Å²) in [5.74, 6) is -0.245. The lowest BCUT2D eigenvalue weighted by Gasteiger charge is -2.20. The zero-order valence-corrected chi connectivity index (χ0v) is 10.1. The van der Waals surface area contributed by atoms with Gasteiger partial charge in [-0.25, -0.2) is 0 Å². The molecule has 90 valence electrons. The normalized spacial score (nSPS) is 13.0. The predicted molar refractivity (Wildman–Crippen MR) is 64.8 cm³/mol. The lowest BCUT2D eigenvalue weighted by molar-refractivity contribution is 0.422. The van der Waals surface area contributed by atoms with E-state index < -0.39 is 15.4 Å². The molecule has 0 aromatic rings. The van der Waals surface area contributed by atoms with E-state index in [1.54, 1.807) is 12.2 Å². The van der Waals surface area contributed by atoms with Crippen LogP contribution in [0.3, 0.4) is 0 Å². The van der Waals surface area contributed by atoms with Gasteiger partial charge in [0.05, 0.1) is 0 Å². The van der Waals surface area contributed by atoms with E-state index in [2.05, 4.69) is 13.2 Å². The van der Waals surface area contributed by atoms with Crippen LogP contribution in [0.4, 0.5) is 0 Å². The SMILES string of the molecule is C=CCC(CC=C)C(CN)S(=O)(=O)O.Cl. The van der Waals surface area contributed by atoms with Crippen molar-refractivity contribution >= 4 is 22.5 Å². The quantitative estimate of drug-likeness (QED) is 0.532. The lowest BCUT2D eigenvalue weighted by Crippen LogP contribution is -2.36. The molecule has 0 aliphatic carbocycles. The van der Waals surface area contributed by atoms with Gasteiger partial charge < -0.3 is 5.73 Å². The van der Waals surface area contributed by atoms with E-state index in [-0.39, 0.29) is 24.9 Å². The molecule has 0 aromatic carbocycles. The summed E-state index contributed by atoms with van der Waals surface area (Å²) in [7, 11) is -4.08. The maximum atomic E-state index is 11.0. The first-order chi connectivity index (χ1) is 6.47. The maximum Gasteiger partial charge on any atom is 0.269 e. The Labute approximate surface area is 97.4 Å². The van der Waals surface area contributed by atoms with Crippen molar-refractivity contribution in [2.24, 2.45) is 11.7 Å². The van der Waals surface area contributed by atoms with Gasteiger partial charge in [0.15, 0.2) is 0 Å². The molecule has 0 amide bonds. The maximum absolute atomic E-state index is 11.0. The minimum Gasteiger partial charge on any atom is -0.329 e. The van der Waals surface area contributed by atoms with Gasteiger partial charge in [0.25, 0.3) is 10.1 Å². The van der Waals surface area contributed by atoms with Crippen LogP contribution in [-0.2, 0) is 10.1 Å². The Kier molecular flexibility index (Phi) is 8.95. The first-order valence-electron chi connectivity index (χ1n) is 4.35. The van der Waals surface area contributed by atoms with Crippen molar-refractivity contribution in [3.63, 3.8) is 0 Å². The van der Waals surface area contributed by atoms with E-state index in [1.165, 1.54) is 0 Å². The third-order valence-electron chi connectivity index (χ3n) is 2.08. The van der Waals surface area contributed by atoms with Crippen LogP contribution in [0.15, 0.2) is 25.3 Å². The van der Waals surface area contributed by atoms with Crippen LogP contribution in [0, 0.1) is 5.92 Å². The van der Waals surface area contributed by atoms with Crippen LogP contribution in [0.1, 0.15) is 12.8 Å². The topological polar surface area (TPSA) is 80.4 Å². The summed E-state index contributed by atoms with van der Waals surface area (Å²) in [6.07, 6.45) is 4.21. The number of hydrogen-bond donors (Lipinski definition) is 2. The molecule has 3 N–H and O–H groups in total. The molecule has 4 nitrogen and oxygen atoms in total. The van der Waals surface area contributed by atoms with Gasteiger partial charge in [-0.3, -0.25) is 4.55 Å². The van der Waals surface area contributed by atoms with Crippen molar-refractivity contribution in [2.75, 3.05) is 6.54 Å². The highest BCUT2D eigenvalue weighted by Gasteiger charge is 2.29. The average Bonchev–Trinajstić information content (AvgIpc) is 2.03. The average molecular weight is 256 g/mol. The molecule has 0 aliphatic rings. The zero-order valence-electron chi connectivity index (χ0n) is 8.50. The van der Waals surface area contributed by atoms with E-state index in [9.17, 15) is 8.42 Å². The smallest absolute Gasteiger partial charge is 0.269 e. The molecule has 15 heavy (non-hydrogen) atoms. The second-order valence-corrected chi connectivity index (χ2v) is 4.73. The van der Waals surface area contributed by atoms with Gasteiger partial charge in [-0.1, -0.05) is 12.2 Å². The predicted octanol–water partition coefficient (Wildman–Crippen LogP) is 1.39. The van der Waals surface area contributed by atoms with Gasteiger partial charge in [0.2, 0.25) is 0 Å². The fraction of sp³-hybridized carbons (Fsp3) is 0.556. The van der Waals surface area contributed by atoms with Crippen LogP contribution < -0.4 is 5.73 Å². The Bertz CT molecular complexity index is 280. The Morgan fingerprint density at radius 3 is 1.87 bits per heavy atom. The molecular formula is C9H18ClNO3S. The molecule has 0 aromatic heterocycles. The largest absolute Gasteiger partial charge is 0.329 e. The second-order valence-electron chi connectivity index (χ2n) is 3.10. The monoisotopic (exact) mass is 255 g/mol. The molecule has 6 heteroatoms. The Balaban J connectivity index is 0. The standard InChI is InChI=1S/C9H17NO3S.ClH/c1-3-5-8(6-4-2)9(7-10)14(11,12)13;/h3-4,8-9H,1-2,5-7,10H2,(H,11,12,13);1H. The Hall–Kier alpha value is -0.360. The first-order valence-corrected chi connectivity index (χ1v) is 5.85. The summed E-state index contributed by atoms with van der Waals surface area (Å²) in [5.41, 5.74) is 5.31. The summed E-state index contributed by atoms with van der Waals surface area (Å²) in [5, 5.41) is -0.932. The van der Waals surface area contributed by atoms with E-state index in [4.69, 9.17) is 10.3 Å². The van der Waals surface area contributed by atoms with Crippen molar-refractivity contribution in [3.05, 3.63) is 25.3 Å². The van der Waals surface area contributed by atoms with Crippen LogP contribution in [-0.4, -0.2) is 24.8 Å². The number of rotatable bonds is 7. The molecule has 0 aliphatic heterocycles. The van der Waals surface area contributed by atoms with Crippen LogP contribution in [0.2, 0.25) is 0 Å².